The van der Waals surface area contributed by atoms with Crippen LogP contribution in [0.5, 0.6) is 0 Å². The molecule has 0 N–H and O–H groups in total. The van der Waals surface area contributed by atoms with Crippen molar-refractivity contribution in [1.29, 1.82) is 0 Å². The van der Waals surface area contributed by atoms with Gasteiger partial charge < -0.3 is 4.74 Å². The molecule has 2 fully saturated rings. The van der Waals surface area contributed by atoms with Crippen molar-refractivity contribution in [3.05, 3.63) is 0 Å². The maximum Gasteiger partial charge on any atom is 0.306 e. The van der Waals surface area contributed by atoms with Crippen molar-refractivity contribution in [3.63, 3.8) is 0 Å². The summed E-state index contributed by atoms with van der Waals surface area (Å²) in [5.74, 6) is 3.72. The molecule has 2 heteroatoms. The second-order valence-electron chi connectivity index (χ2n) is 6.27. The highest BCUT2D eigenvalue weighted by atomic mass is 16.5. The molecule has 0 aliphatic heterocycles. The lowest BCUT2D eigenvalue weighted by Gasteiger charge is -2.44. The normalized spacial score (nSPS) is 50.7. The molecule has 6 atom stereocenters. The van der Waals surface area contributed by atoms with Crippen molar-refractivity contribution < 1.29 is 9.53 Å². The summed E-state index contributed by atoms with van der Waals surface area (Å²) >= 11 is 0. The number of ether oxygens (including phenoxy) is 1. The van der Waals surface area contributed by atoms with Gasteiger partial charge in [0.2, 0.25) is 0 Å². The second-order valence-corrected chi connectivity index (χ2v) is 6.27. The van der Waals surface area contributed by atoms with E-state index in [9.17, 15) is 4.79 Å². The van der Waals surface area contributed by atoms with Crippen LogP contribution in [0.3, 0.4) is 0 Å². The number of hydrogen-bond donors (Lipinski definition) is 0. The molecule has 0 heterocycles. The molecule has 2 bridgehead atoms. The minimum atomic E-state index is -0.0400. The van der Waals surface area contributed by atoms with E-state index in [0.717, 1.165) is 17.8 Å². The van der Waals surface area contributed by atoms with E-state index < -0.39 is 0 Å². The van der Waals surface area contributed by atoms with Gasteiger partial charge in [0, 0.05) is 0 Å². The minimum absolute atomic E-state index is 0.0400. The zero-order valence-corrected chi connectivity index (χ0v) is 11.1. The van der Waals surface area contributed by atoms with Gasteiger partial charge >= 0.3 is 5.97 Å². The highest BCUT2D eigenvalue weighted by molar-refractivity contribution is 5.70. The molecule has 0 amide bonds. The van der Waals surface area contributed by atoms with Crippen molar-refractivity contribution in [2.45, 2.75) is 40.5 Å². The van der Waals surface area contributed by atoms with Crippen LogP contribution in [0.2, 0.25) is 0 Å². The van der Waals surface area contributed by atoms with Crippen molar-refractivity contribution in [1.82, 2.24) is 0 Å². The molecule has 0 aromatic rings. The number of fused-ring (bicyclic) bond motifs is 2. The molecular formula is C14H24O2. The molecule has 2 aliphatic rings. The van der Waals surface area contributed by atoms with E-state index in [4.69, 9.17) is 4.74 Å². The molecule has 6 unspecified atom stereocenters. The molecule has 2 nitrogen and oxygen atoms in total. The van der Waals surface area contributed by atoms with E-state index in [-0.39, 0.29) is 11.4 Å². The van der Waals surface area contributed by atoms with E-state index in [1.54, 1.807) is 0 Å². The third kappa shape index (κ3) is 1.42. The molecule has 0 spiro atoms. The molecule has 0 aromatic heterocycles. The second kappa shape index (κ2) is 3.75. The molecule has 0 radical (unpaired) electrons. The van der Waals surface area contributed by atoms with Gasteiger partial charge in [0.1, 0.15) is 0 Å². The first kappa shape index (κ1) is 11.9. The Labute approximate surface area is 98.7 Å². The molecule has 2 saturated carbocycles. The topological polar surface area (TPSA) is 26.3 Å². The lowest BCUT2D eigenvalue weighted by molar-refractivity contribution is -0.146. The number of carbonyl (C=O) groups excluding carboxylic acids is 1. The molecular weight excluding hydrogens is 200 g/mol. The van der Waals surface area contributed by atoms with Crippen molar-refractivity contribution >= 4 is 5.97 Å². The number of esters is 1. The monoisotopic (exact) mass is 224 g/mol. The molecule has 92 valence electrons. The maximum atomic E-state index is 11.6. The Kier molecular flexibility index (Phi) is 2.80. The summed E-state index contributed by atoms with van der Waals surface area (Å²) in [6.07, 6.45) is 1.92. The fourth-order valence-corrected chi connectivity index (χ4v) is 4.51. The summed E-state index contributed by atoms with van der Waals surface area (Å²) in [7, 11) is 1.50. The largest absolute Gasteiger partial charge is 0.469 e. The zero-order chi connectivity index (χ0) is 12.1. The van der Waals surface area contributed by atoms with E-state index in [0.29, 0.717) is 18.3 Å². The summed E-state index contributed by atoms with van der Waals surface area (Å²) in [6, 6.07) is 0. The first-order valence-electron chi connectivity index (χ1n) is 6.48. The van der Waals surface area contributed by atoms with Gasteiger partial charge in [-0.1, -0.05) is 27.7 Å². The van der Waals surface area contributed by atoms with Gasteiger partial charge in [0.05, 0.1) is 13.5 Å². The molecule has 16 heavy (non-hydrogen) atoms. The van der Waals surface area contributed by atoms with Gasteiger partial charge in [-0.05, 0) is 41.4 Å². The van der Waals surface area contributed by atoms with Crippen LogP contribution in [0.15, 0.2) is 0 Å². The Morgan fingerprint density at radius 2 is 1.94 bits per heavy atom. The Hall–Kier alpha value is -0.530. The predicted molar refractivity (Wildman–Crippen MR) is 63.8 cm³/mol. The van der Waals surface area contributed by atoms with E-state index in [2.05, 4.69) is 27.7 Å². The smallest absolute Gasteiger partial charge is 0.306 e. The molecule has 0 aromatic carbocycles. The van der Waals surface area contributed by atoms with Crippen LogP contribution in [0.1, 0.15) is 40.5 Å². The van der Waals surface area contributed by atoms with Gasteiger partial charge in [-0.25, -0.2) is 0 Å². The Morgan fingerprint density at radius 1 is 1.31 bits per heavy atom. The van der Waals surface area contributed by atoms with E-state index in [1.807, 2.05) is 0 Å². The predicted octanol–water partition coefficient (Wildman–Crippen LogP) is 3.11. The van der Waals surface area contributed by atoms with E-state index in [1.165, 1.54) is 13.5 Å². The summed E-state index contributed by atoms with van der Waals surface area (Å²) in [6.45, 7) is 9.36. The number of carbonyl (C=O) groups is 1. The van der Waals surface area contributed by atoms with Crippen LogP contribution in [0, 0.1) is 35.0 Å². The van der Waals surface area contributed by atoms with E-state index >= 15 is 0 Å². The summed E-state index contributed by atoms with van der Waals surface area (Å²) in [4.78, 5) is 11.6. The fourth-order valence-electron chi connectivity index (χ4n) is 4.51. The number of hydrogen-bond acceptors (Lipinski definition) is 2. The summed E-state index contributed by atoms with van der Waals surface area (Å²) < 4.78 is 4.86. The summed E-state index contributed by atoms with van der Waals surface area (Å²) in [5, 5.41) is 0. The first-order chi connectivity index (χ1) is 7.41. The average Bonchev–Trinajstić information content (AvgIpc) is 2.66. The van der Waals surface area contributed by atoms with Crippen LogP contribution in [-0.2, 0) is 9.53 Å². The van der Waals surface area contributed by atoms with Crippen LogP contribution in [0.25, 0.3) is 0 Å². The van der Waals surface area contributed by atoms with Gasteiger partial charge in [0.25, 0.3) is 0 Å². The van der Waals surface area contributed by atoms with Gasteiger partial charge in [-0.15, -0.1) is 0 Å². The van der Waals surface area contributed by atoms with Crippen LogP contribution >= 0.6 is 0 Å². The highest BCUT2D eigenvalue weighted by Gasteiger charge is 2.59. The lowest BCUT2D eigenvalue weighted by atomic mass is 9.60. The SMILES string of the molecule is COC(=O)CC1(C)C(C)C2CC1C(C)C2C. The van der Waals surface area contributed by atoms with Crippen LogP contribution < -0.4 is 0 Å². The fraction of sp³-hybridized carbons (Fsp3) is 0.929. The van der Waals surface area contributed by atoms with Gasteiger partial charge in [-0.2, -0.15) is 0 Å². The number of methoxy groups -OCH3 is 1. The maximum absolute atomic E-state index is 11.6. The highest BCUT2D eigenvalue weighted by Crippen LogP contribution is 2.65. The Balaban J connectivity index is 2.20. The third-order valence-electron chi connectivity index (χ3n) is 5.95. The number of rotatable bonds is 2. The third-order valence-corrected chi connectivity index (χ3v) is 5.95. The molecule has 2 rings (SSSR count). The van der Waals surface area contributed by atoms with Crippen LogP contribution in [-0.4, -0.2) is 13.1 Å². The van der Waals surface area contributed by atoms with Crippen LogP contribution in [0.4, 0.5) is 0 Å². The average molecular weight is 224 g/mol. The zero-order valence-electron chi connectivity index (χ0n) is 11.1. The lowest BCUT2D eigenvalue weighted by Crippen LogP contribution is -2.41. The van der Waals surface area contributed by atoms with Crippen molar-refractivity contribution in [3.8, 4) is 0 Å². The van der Waals surface area contributed by atoms with Gasteiger partial charge in [0.15, 0.2) is 0 Å². The Morgan fingerprint density at radius 3 is 2.44 bits per heavy atom. The summed E-state index contributed by atoms with van der Waals surface area (Å²) in [5.41, 5.74) is 0.170. The minimum Gasteiger partial charge on any atom is -0.469 e. The molecule has 0 saturated heterocycles. The Bertz CT molecular complexity index is 299. The first-order valence-corrected chi connectivity index (χ1v) is 6.48. The van der Waals surface area contributed by atoms with Gasteiger partial charge in [-0.3, -0.25) is 4.79 Å². The standard InChI is InChI=1S/C14H24O2/c1-8-9(2)12-6-11(8)10(3)14(12,4)7-13(15)16-5/h8-12H,6-7H2,1-5H3. The van der Waals surface area contributed by atoms with Crippen molar-refractivity contribution in [2.24, 2.45) is 35.0 Å². The quantitative estimate of drug-likeness (QED) is 0.674. The van der Waals surface area contributed by atoms with Crippen molar-refractivity contribution in [2.75, 3.05) is 7.11 Å². The molecule has 2 aliphatic carbocycles.